The van der Waals surface area contributed by atoms with Gasteiger partial charge in [0, 0.05) is 11.1 Å². The van der Waals surface area contributed by atoms with Gasteiger partial charge < -0.3 is 19.9 Å². The van der Waals surface area contributed by atoms with Crippen molar-refractivity contribution in [1.82, 2.24) is 25.5 Å². The number of amides is 1. The number of rotatable bonds is 3. The van der Waals surface area contributed by atoms with Gasteiger partial charge in [0.25, 0.3) is 5.91 Å². The first-order valence-electron chi connectivity index (χ1n) is 8.77. The third-order valence-electron chi connectivity index (χ3n) is 5.03. The first-order chi connectivity index (χ1) is 13.6. The molecular formula is C18H16FN5O4. The quantitative estimate of drug-likeness (QED) is 0.597. The predicted octanol–water partition coefficient (Wildman–Crippen LogP) is 0.416. The van der Waals surface area contributed by atoms with E-state index in [1.54, 1.807) is 12.3 Å². The molecule has 9 nitrogen and oxygen atoms in total. The minimum absolute atomic E-state index is 0.146. The Morgan fingerprint density at radius 1 is 1.21 bits per heavy atom. The van der Waals surface area contributed by atoms with Crippen LogP contribution < -0.4 is 5.32 Å². The van der Waals surface area contributed by atoms with Crippen molar-refractivity contribution in [3.63, 3.8) is 0 Å². The van der Waals surface area contributed by atoms with Gasteiger partial charge in [-0.05, 0) is 18.2 Å². The molecule has 2 aliphatic rings. The zero-order valence-corrected chi connectivity index (χ0v) is 14.5. The van der Waals surface area contributed by atoms with Gasteiger partial charge in [-0.1, -0.05) is 0 Å². The third kappa shape index (κ3) is 2.82. The highest BCUT2D eigenvalue weighted by molar-refractivity contribution is 5.97. The van der Waals surface area contributed by atoms with Crippen LogP contribution in [0.4, 0.5) is 4.39 Å². The van der Waals surface area contributed by atoms with E-state index in [4.69, 9.17) is 9.47 Å². The van der Waals surface area contributed by atoms with Crippen molar-refractivity contribution in [3.05, 3.63) is 42.1 Å². The first-order valence-corrected chi connectivity index (χ1v) is 8.77. The summed E-state index contributed by atoms with van der Waals surface area (Å²) in [5.74, 6) is -1.02. The lowest BCUT2D eigenvalue weighted by atomic mass is 10.0. The van der Waals surface area contributed by atoms with Crippen molar-refractivity contribution in [2.24, 2.45) is 0 Å². The molecule has 0 radical (unpaired) electrons. The number of aromatic nitrogens is 4. The van der Waals surface area contributed by atoms with Crippen molar-refractivity contribution in [3.8, 4) is 11.3 Å². The van der Waals surface area contributed by atoms with Crippen LogP contribution in [0.5, 0.6) is 0 Å². The number of carbonyl (C=O) groups is 1. The number of aliphatic hydroxyl groups is 1. The SMILES string of the molecule is O=C(N[C@H]1CO[C@H]2[C@@H]1OC[C@H]2O)c1cc(F)cc(-c2ncnc3[nH]ncc23)c1. The number of halogens is 1. The summed E-state index contributed by atoms with van der Waals surface area (Å²) in [6, 6.07) is 3.60. The molecule has 0 saturated carbocycles. The second kappa shape index (κ2) is 6.59. The van der Waals surface area contributed by atoms with Crippen LogP contribution >= 0.6 is 0 Å². The van der Waals surface area contributed by atoms with E-state index in [0.717, 1.165) is 6.07 Å². The predicted molar refractivity (Wildman–Crippen MR) is 93.8 cm³/mol. The monoisotopic (exact) mass is 385 g/mol. The highest BCUT2D eigenvalue weighted by Crippen LogP contribution is 2.28. The molecule has 2 saturated heterocycles. The Bertz CT molecular complexity index is 1060. The van der Waals surface area contributed by atoms with Crippen molar-refractivity contribution >= 4 is 16.9 Å². The van der Waals surface area contributed by atoms with Crippen LogP contribution in [-0.2, 0) is 9.47 Å². The summed E-state index contributed by atoms with van der Waals surface area (Å²) in [5.41, 5.74) is 1.57. The fraction of sp³-hybridized carbons (Fsp3) is 0.333. The zero-order valence-electron chi connectivity index (χ0n) is 14.5. The number of hydrogen-bond acceptors (Lipinski definition) is 7. The Balaban J connectivity index is 1.43. The Labute approximate surface area is 157 Å². The molecule has 4 atom stereocenters. The summed E-state index contributed by atoms with van der Waals surface area (Å²) in [6.45, 7) is 0.391. The zero-order chi connectivity index (χ0) is 19.3. The molecule has 4 heterocycles. The molecule has 0 unspecified atom stereocenters. The molecule has 2 aromatic heterocycles. The van der Waals surface area contributed by atoms with Gasteiger partial charge in [-0.15, -0.1) is 0 Å². The minimum Gasteiger partial charge on any atom is -0.388 e. The van der Waals surface area contributed by atoms with E-state index in [2.05, 4.69) is 25.5 Å². The molecule has 2 aliphatic heterocycles. The fourth-order valence-electron chi connectivity index (χ4n) is 3.71. The third-order valence-corrected chi connectivity index (χ3v) is 5.03. The fourth-order valence-corrected chi connectivity index (χ4v) is 3.71. The van der Waals surface area contributed by atoms with E-state index < -0.39 is 36.1 Å². The van der Waals surface area contributed by atoms with E-state index in [9.17, 15) is 14.3 Å². The van der Waals surface area contributed by atoms with E-state index >= 15 is 0 Å². The Kier molecular flexibility index (Phi) is 4.04. The maximum absolute atomic E-state index is 14.3. The second-order valence-electron chi connectivity index (χ2n) is 6.83. The number of carbonyl (C=O) groups excluding carboxylic acids is 1. The molecule has 5 rings (SSSR count). The molecular weight excluding hydrogens is 369 g/mol. The van der Waals surface area contributed by atoms with E-state index in [1.807, 2.05) is 0 Å². The summed E-state index contributed by atoms with van der Waals surface area (Å²) in [6.07, 6.45) is 1.32. The molecule has 3 N–H and O–H groups in total. The first kappa shape index (κ1) is 17.2. The number of nitrogens with zero attached hydrogens (tertiary/aromatic N) is 3. The van der Waals surface area contributed by atoms with Gasteiger partial charge in [-0.25, -0.2) is 14.4 Å². The number of hydrogen-bond donors (Lipinski definition) is 3. The molecule has 3 aromatic rings. The van der Waals surface area contributed by atoms with Crippen LogP contribution in [0.25, 0.3) is 22.3 Å². The van der Waals surface area contributed by atoms with Gasteiger partial charge in [0.2, 0.25) is 0 Å². The average molecular weight is 385 g/mol. The van der Waals surface area contributed by atoms with Crippen LogP contribution in [-0.4, -0.2) is 68.7 Å². The largest absolute Gasteiger partial charge is 0.388 e. The summed E-state index contributed by atoms with van der Waals surface area (Å²) in [7, 11) is 0. The highest BCUT2D eigenvalue weighted by Gasteiger charge is 2.47. The number of benzene rings is 1. The molecule has 2 fully saturated rings. The normalized spacial score (nSPS) is 26.5. The smallest absolute Gasteiger partial charge is 0.251 e. The van der Waals surface area contributed by atoms with Crippen molar-refractivity contribution in [2.45, 2.75) is 24.4 Å². The molecule has 0 bridgehead atoms. The maximum Gasteiger partial charge on any atom is 0.251 e. The van der Waals surface area contributed by atoms with E-state index in [-0.39, 0.29) is 18.8 Å². The highest BCUT2D eigenvalue weighted by atomic mass is 19.1. The van der Waals surface area contributed by atoms with Gasteiger partial charge in [-0.3, -0.25) is 9.89 Å². The van der Waals surface area contributed by atoms with Gasteiger partial charge in [0.05, 0.1) is 36.5 Å². The Morgan fingerprint density at radius 2 is 2.07 bits per heavy atom. The van der Waals surface area contributed by atoms with Crippen LogP contribution in [0.3, 0.4) is 0 Å². The van der Waals surface area contributed by atoms with Gasteiger partial charge in [0.15, 0.2) is 5.65 Å². The Morgan fingerprint density at radius 3 is 2.96 bits per heavy atom. The molecule has 1 amide bonds. The second-order valence-corrected chi connectivity index (χ2v) is 6.83. The minimum atomic E-state index is -0.706. The van der Waals surface area contributed by atoms with Crippen LogP contribution in [0.2, 0.25) is 0 Å². The lowest BCUT2D eigenvalue weighted by Crippen LogP contribution is -2.44. The number of ether oxygens (including phenoxy) is 2. The summed E-state index contributed by atoms with van der Waals surface area (Å²) in [5, 5.41) is 19.9. The van der Waals surface area contributed by atoms with Crippen LogP contribution in [0.1, 0.15) is 10.4 Å². The van der Waals surface area contributed by atoms with Gasteiger partial charge >= 0.3 is 0 Å². The maximum atomic E-state index is 14.3. The van der Waals surface area contributed by atoms with Gasteiger partial charge in [0.1, 0.15) is 30.5 Å². The van der Waals surface area contributed by atoms with Gasteiger partial charge in [-0.2, -0.15) is 5.10 Å². The average Bonchev–Trinajstić information content (AvgIpc) is 3.40. The topological polar surface area (TPSA) is 122 Å². The van der Waals surface area contributed by atoms with Crippen molar-refractivity contribution in [2.75, 3.05) is 13.2 Å². The number of nitrogens with one attached hydrogen (secondary N) is 2. The number of aromatic amines is 1. The van der Waals surface area contributed by atoms with E-state index in [1.165, 1.54) is 12.4 Å². The molecule has 144 valence electrons. The Hall–Kier alpha value is -2.95. The van der Waals surface area contributed by atoms with Crippen molar-refractivity contribution < 1.29 is 23.8 Å². The van der Waals surface area contributed by atoms with Crippen LogP contribution in [0.15, 0.2) is 30.7 Å². The molecule has 28 heavy (non-hydrogen) atoms. The summed E-state index contributed by atoms with van der Waals surface area (Å²) < 4.78 is 25.3. The van der Waals surface area contributed by atoms with Crippen molar-refractivity contribution in [1.29, 1.82) is 0 Å². The summed E-state index contributed by atoms with van der Waals surface area (Å²) >= 11 is 0. The lowest BCUT2D eigenvalue weighted by Gasteiger charge is -2.17. The lowest BCUT2D eigenvalue weighted by molar-refractivity contribution is 0.0178. The number of fused-ring (bicyclic) bond motifs is 2. The number of H-pyrrole nitrogens is 1. The molecule has 0 aliphatic carbocycles. The molecule has 1 aromatic carbocycles. The molecule has 0 spiro atoms. The number of aliphatic hydroxyl groups excluding tert-OH is 1. The summed E-state index contributed by atoms with van der Waals surface area (Å²) in [4.78, 5) is 21.0. The van der Waals surface area contributed by atoms with E-state index in [0.29, 0.717) is 22.3 Å². The standard InChI is InChI=1S/C18H16FN5O4/c19-10-2-8(14-11-4-22-24-17(11)21-7-20-14)1-9(3-10)18(26)23-12-5-27-16-13(25)6-28-15(12)16/h1-4,7,12-13,15-16,25H,5-6H2,(H,23,26)(H,20,21,22,24)/t12-,13+,15+,16+/m0/s1. The molecule has 10 heteroatoms. The van der Waals surface area contributed by atoms with Crippen LogP contribution in [0, 0.1) is 5.82 Å².